The summed E-state index contributed by atoms with van der Waals surface area (Å²) in [7, 11) is 0. The Balaban J connectivity index is 1.93. The third kappa shape index (κ3) is 2.01. The van der Waals surface area contributed by atoms with E-state index in [-0.39, 0.29) is 12.6 Å². The lowest BCUT2D eigenvalue weighted by Crippen LogP contribution is -2.49. The first-order valence-corrected chi connectivity index (χ1v) is 6.56. The van der Waals surface area contributed by atoms with Crippen LogP contribution in [0.1, 0.15) is 11.1 Å². The van der Waals surface area contributed by atoms with Crippen molar-refractivity contribution in [1.82, 2.24) is 0 Å². The standard InChI is InChI=1S/C16H18N2O/c17-11-16(19,13-7-2-1-3-8-13)15-10-12-6-4-5-9-14(12)18-15/h1-9,15,18-19H,10-11,17H2. The maximum Gasteiger partial charge on any atom is 0.122 e. The molecule has 0 fully saturated rings. The minimum atomic E-state index is -1.04. The van der Waals surface area contributed by atoms with Crippen molar-refractivity contribution >= 4 is 5.69 Å². The van der Waals surface area contributed by atoms with E-state index in [1.54, 1.807) is 0 Å². The van der Waals surface area contributed by atoms with E-state index >= 15 is 0 Å². The maximum atomic E-state index is 11.0. The van der Waals surface area contributed by atoms with Crippen molar-refractivity contribution in [2.24, 2.45) is 5.73 Å². The Labute approximate surface area is 113 Å². The second kappa shape index (κ2) is 4.68. The van der Waals surface area contributed by atoms with E-state index in [1.165, 1.54) is 5.56 Å². The molecular weight excluding hydrogens is 236 g/mol. The average molecular weight is 254 g/mol. The largest absolute Gasteiger partial charge is 0.382 e. The molecule has 0 amide bonds. The number of hydrogen-bond donors (Lipinski definition) is 3. The monoisotopic (exact) mass is 254 g/mol. The number of rotatable bonds is 3. The van der Waals surface area contributed by atoms with Crippen molar-refractivity contribution in [3.63, 3.8) is 0 Å². The van der Waals surface area contributed by atoms with Crippen molar-refractivity contribution in [2.75, 3.05) is 11.9 Å². The molecule has 3 heteroatoms. The minimum Gasteiger partial charge on any atom is -0.382 e. The first-order chi connectivity index (χ1) is 9.24. The van der Waals surface area contributed by atoms with Crippen LogP contribution in [0.15, 0.2) is 54.6 Å². The SMILES string of the molecule is NCC(O)(c1ccccc1)C1Cc2ccccc2N1. The lowest BCUT2D eigenvalue weighted by atomic mass is 9.85. The number of fused-ring (bicyclic) bond motifs is 1. The van der Waals surface area contributed by atoms with Gasteiger partial charge in [-0.1, -0.05) is 48.5 Å². The molecule has 0 bridgehead atoms. The molecule has 0 aliphatic carbocycles. The second-order valence-corrected chi connectivity index (χ2v) is 5.05. The van der Waals surface area contributed by atoms with Crippen molar-refractivity contribution in [2.45, 2.75) is 18.1 Å². The maximum absolute atomic E-state index is 11.0. The van der Waals surface area contributed by atoms with Crippen LogP contribution in [0, 0.1) is 0 Å². The van der Waals surface area contributed by atoms with Crippen LogP contribution in [-0.4, -0.2) is 17.7 Å². The highest BCUT2D eigenvalue weighted by atomic mass is 16.3. The fraction of sp³-hybridized carbons (Fsp3) is 0.250. The zero-order chi connectivity index (χ0) is 13.3. The molecule has 2 unspecified atom stereocenters. The molecule has 1 aliphatic heterocycles. The van der Waals surface area contributed by atoms with Gasteiger partial charge in [-0.3, -0.25) is 0 Å². The molecule has 4 N–H and O–H groups in total. The van der Waals surface area contributed by atoms with E-state index in [4.69, 9.17) is 5.73 Å². The van der Waals surface area contributed by atoms with Gasteiger partial charge in [0.1, 0.15) is 5.60 Å². The Kier molecular flexibility index (Phi) is 3.01. The molecule has 0 radical (unpaired) electrons. The lowest BCUT2D eigenvalue weighted by Gasteiger charge is -2.33. The van der Waals surface area contributed by atoms with Gasteiger partial charge in [0.05, 0.1) is 6.04 Å². The molecule has 19 heavy (non-hydrogen) atoms. The lowest BCUT2D eigenvalue weighted by molar-refractivity contribution is 0.0274. The first kappa shape index (κ1) is 12.2. The van der Waals surface area contributed by atoms with E-state index in [0.717, 1.165) is 17.7 Å². The zero-order valence-electron chi connectivity index (χ0n) is 10.7. The summed E-state index contributed by atoms with van der Waals surface area (Å²) in [5, 5.41) is 14.4. The van der Waals surface area contributed by atoms with Gasteiger partial charge >= 0.3 is 0 Å². The predicted molar refractivity (Wildman–Crippen MR) is 76.9 cm³/mol. The normalized spacial score (nSPS) is 20.4. The number of para-hydroxylation sites is 1. The molecule has 2 aromatic rings. The minimum absolute atomic E-state index is 0.0858. The van der Waals surface area contributed by atoms with Gasteiger partial charge in [-0.2, -0.15) is 0 Å². The summed E-state index contributed by atoms with van der Waals surface area (Å²) in [4.78, 5) is 0. The molecule has 1 aliphatic rings. The van der Waals surface area contributed by atoms with Crippen LogP contribution in [0.3, 0.4) is 0 Å². The van der Waals surface area contributed by atoms with Gasteiger partial charge in [0.15, 0.2) is 0 Å². The Morgan fingerprint density at radius 3 is 2.47 bits per heavy atom. The van der Waals surface area contributed by atoms with Gasteiger partial charge in [-0.15, -0.1) is 0 Å². The molecular formula is C16H18N2O. The summed E-state index contributed by atoms with van der Waals surface area (Å²) < 4.78 is 0. The molecule has 0 saturated heterocycles. The van der Waals surface area contributed by atoms with Gasteiger partial charge in [0, 0.05) is 12.2 Å². The second-order valence-electron chi connectivity index (χ2n) is 5.05. The fourth-order valence-corrected chi connectivity index (χ4v) is 2.77. The van der Waals surface area contributed by atoms with Crippen LogP contribution >= 0.6 is 0 Å². The number of aliphatic hydroxyl groups is 1. The van der Waals surface area contributed by atoms with Crippen LogP contribution in [0.25, 0.3) is 0 Å². The van der Waals surface area contributed by atoms with Crippen molar-refractivity contribution in [3.05, 3.63) is 65.7 Å². The molecule has 3 rings (SSSR count). The number of hydrogen-bond acceptors (Lipinski definition) is 3. The number of anilines is 1. The Morgan fingerprint density at radius 2 is 1.79 bits per heavy atom. The average Bonchev–Trinajstić information content (AvgIpc) is 2.92. The smallest absolute Gasteiger partial charge is 0.122 e. The third-order valence-electron chi connectivity index (χ3n) is 3.93. The highest BCUT2D eigenvalue weighted by molar-refractivity contribution is 5.58. The summed E-state index contributed by atoms with van der Waals surface area (Å²) in [6, 6.07) is 17.7. The van der Waals surface area contributed by atoms with Gasteiger partial charge in [0.2, 0.25) is 0 Å². The zero-order valence-corrected chi connectivity index (χ0v) is 10.7. The first-order valence-electron chi connectivity index (χ1n) is 6.56. The number of benzene rings is 2. The van der Waals surface area contributed by atoms with Crippen LogP contribution in [0.5, 0.6) is 0 Å². The summed E-state index contributed by atoms with van der Waals surface area (Å²) in [5.74, 6) is 0. The highest BCUT2D eigenvalue weighted by Gasteiger charge is 2.40. The summed E-state index contributed by atoms with van der Waals surface area (Å²) in [6.45, 7) is 0.197. The van der Waals surface area contributed by atoms with Gasteiger partial charge in [-0.25, -0.2) is 0 Å². The quantitative estimate of drug-likeness (QED) is 0.783. The van der Waals surface area contributed by atoms with Crippen LogP contribution in [-0.2, 0) is 12.0 Å². The predicted octanol–water partition coefficient (Wildman–Crippen LogP) is 1.87. The van der Waals surface area contributed by atoms with Crippen LogP contribution in [0.2, 0.25) is 0 Å². The summed E-state index contributed by atoms with van der Waals surface area (Å²) in [6.07, 6.45) is 0.790. The van der Waals surface area contributed by atoms with E-state index in [9.17, 15) is 5.11 Å². The molecule has 0 spiro atoms. The fourth-order valence-electron chi connectivity index (χ4n) is 2.77. The van der Waals surface area contributed by atoms with E-state index in [1.807, 2.05) is 48.5 Å². The summed E-state index contributed by atoms with van der Waals surface area (Å²) >= 11 is 0. The van der Waals surface area contributed by atoms with Gasteiger partial charge in [-0.05, 0) is 23.6 Å². The highest BCUT2D eigenvalue weighted by Crippen LogP contribution is 2.35. The molecule has 2 aromatic carbocycles. The van der Waals surface area contributed by atoms with E-state index in [0.29, 0.717) is 0 Å². The summed E-state index contributed by atoms with van der Waals surface area (Å²) in [5.41, 5.74) is 8.01. The molecule has 3 nitrogen and oxygen atoms in total. The van der Waals surface area contributed by atoms with Gasteiger partial charge in [0.25, 0.3) is 0 Å². The van der Waals surface area contributed by atoms with Crippen LogP contribution in [0.4, 0.5) is 5.69 Å². The Bertz CT molecular complexity index is 545. The van der Waals surface area contributed by atoms with E-state index in [2.05, 4.69) is 11.4 Å². The van der Waals surface area contributed by atoms with Gasteiger partial charge < -0.3 is 16.2 Å². The number of nitrogens with one attached hydrogen (secondary N) is 1. The molecule has 2 atom stereocenters. The van der Waals surface area contributed by atoms with Crippen molar-refractivity contribution < 1.29 is 5.11 Å². The molecule has 98 valence electrons. The number of nitrogens with two attached hydrogens (primary N) is 1. The van der Waals surface area contributed by atoms with Crippen molar-refractivity contribution in [1.29, 1.82) is 0 Å². The van der Waals surface area contributed by atoms with E-state index < -0.39 is 5.60 Å². The van der Waals surface area contributed by atoms with Crippen molar-refractivity contribution in [3.8, 4) is 0 Å². The molecule has 1 heterocycles. The Morgan fingerprint density at radius 1 is 1.11 bits per heavy atom. The topological polar surface area (TPSA) is 58.3 Å². The third-order valence-corrected chi connectivity index (χ3v) is 3.93. The molecule has 0 saturated carbocycles. The van der Waals surface area contributed by atoms with Crippen LogP contribution < -0.4 is 11.1 Å². The molecule has 0 aromatic heterocycles. The Hall–Kier alpha value is -1.84.